The maximum Gasteiger partial charge on any atom is 0.274 e. The molecule has 2 N–H and O–H groups in total. The second-order valence-corrected chi connectivity index (χ2v) is 6.65. The normalized spacial score (nSPS) is 10.3. The van der Waals surface area contributed by atoms with Gasteiger partial charge in [-0.1, -0.05) is 38.1 Å². The van der Waals surface area contributed by atoms with Gasteiger partial charge in [-0.05, 0) is 55.2 Å². The number of nitriles is 1. The lowest BCUT2D eigenvalue weighted by Gasteiger charge is -2.15. The molecule has 0 aliphatic rings. The Labute approximate surface area is 170 Å². The van der Waals surface area contributed by atoms with Gasteiger partial charge >= 0.3 is 0 Å². The van der Waals surface area contributed by atoms with Crippen molar-refractivity contribution in [1.29, 1.82) is 5.26 Å². The van der Waals surface area contributed by atoms with E-state index in [0.717, 1.165) is 18.5 Å². The molecule has 0 aliphatic carbocycles. The van der Waals surface area contributed by atoms with Gasteiger partial charge in [0.2, 0.25) is 5.95 Å². The molecule has 0 atom stereocenters. The van der Waals surface area contributed by atoms with Crippen LogP contribution in [-0.4, -0.2) is 15.9 Å². The van der Waals surface area contributed by atoms with Crippen LogP contribution in [-0.2, 0) is 12.8 Å². The molecule has 0 spiro atoms. The highest BCUT2D eigenvalue weighted by Gasteiger charge is 2.13. The number of carbonyl (C=O) groups is 1. The Balaban J connectivity index is 1.89. The highest BCUT2D eigenvalue weighted by molar-refractivity contribution is 6.03. The van der Waals surface area contributed by atoms with Crippen LogP contribution >= 0.6 is 0 Å². The number of benzene rings is 2. The molecule has 6 nitrogen and oxygen atoms in total. The predicted octanol–water partition coefficient (Wildman–Crippen LogP) is 4.78. The molecule has 1 aromatic heterocycles. The second-order valence-electron chi connectivity index (χ2n) is 6.65. The predicted molar refractivity (Wildman–Crippen MR) is 114 cm³/mol. The van der Waals surface area contributed by atoms with Crippen molar-refractivity contribution in [1.82, 2.24) is 9.97 Å². The van der Waals surface area contributed by atoms with Crippen LogP contribution in [0.5, 0.6) is 0 Å². The van der Waals surface area contributed by atoms with Gasteiger partial charge in [-0.15, -0.1) is 0 Å². The van der Waals surface area contributed by atoms with Gasteiger partial charge in [0.05, 0.1) is 11.6 Å². The summed E-state index contributed by atoms with van der Waals surface area (Å²) < 4.78 is 0. The van der Waals surface area contributed by atoms with Gasteiger partial charge in [0.25, 0.3) is 5.91 Å². The van der Waals surface area contributed by atoms with E-state index in [1.165, 1.54) is 11.1 Å². The molecule has 0 unspecified atom stereocenters. The zero-order valence-corrected chi connectivity index (χ0v) is 16.8. The summed E-state index contributed by atoms with van der Waals surface area (Å²) in [6.45, 7) is 6.03. The number of nitrogens with zero attached hydrogens (tertiary/aromatic N) is 3. The number of para-hydroxylation sites is 1. The van der Waals surface area contributed by atoms with Crippen molar-refractivity contribution < 1.29 is 4.79 Å². The summed E-state index contributed by atoms with van der Waals surface area (Å²) in [4.78, 5) is 21.6. The average molecular weight is 385 g/mol. The molecule has 1 heterocycles. The van der Waals surface area contributed by atoms with Gasteiger partial charge in [-0.2, -0.15) is 5.26 Å². The first-order chi connectivity index (χ1) is 14.0. The van der Waals surface area contributed by atoms with Crippen molar-refractivity contribution in [2.24, 2.45) is 0 Å². The summed E-state index contributed by atoms with van der Waals surface area (Å²) in [7, 11) is 0. The van der Waals surface area contributed by atoms with Crippen LogP contribution in [0, 0.1) is 18.3 Å². The topological polar surface area (TPSA) is 90.7 Å². The van der Waals surface area contributed by atoms with E-state index < -0.39 is 0 Å². The molecule has 1 amide bonds. The maximum atomic E-state index is 12.7. The minimum absolute atomic E-state index is 0.259. The van der Waals surface area contributed by atoms with E-state index in [9.17, 15) is 4.79 Å². The second kappa shape index (κ2) is 8.98. The number of anilines is 3. The van der Waals surface area contributed by atoms with Crippen LogP contribution in [0.2, 0.25) is 0 Å². The van der Waals surface area contributed by atoms with E-state index in [-0.39, 0.29) is 11.6 Å². The standard InChI is InChI=1S/C23H23N5O/c1-4-17-9-7-10-18(5-2)21(17)28-23-25-15(3)12-20(27-23)22(29)26-19-11-6-8-16(13-19)14-24/h6-13H,4-5H2,1-3H3,(H,26,29)(H,25,27,28). The first kappa shape index (κ1) is 20.0. The molecule has 0 saturated carbocycles. The molecule has 29 heavy (non-hydrogen) atoms. The van der Waals surface area contributed by atoms with E-state index in [1.807, 2.05) is 13.0 Å². The van der Waals surface area contributed by atoms with Crippen molar-refractivity contribution in [3.63, 3.8) is 0 Å². The molecule has 3 aromatic rings. The van der Waals surface area contributed by atoms with E-state index in [2.05, 4.69) is 52.7 Å². The Morgan fingerprint density at radius 2 is 1.72 bits per heavy atom. The third kappa shape index (κ3) is 4.77. The average Bonchev–Trinajstić information content (AvgIpc) is 2.73. The molecule has 0 fully saturated rings. The quantitative estimate of drug-likeness (QED) is 0.637. The fourth-order valence-electron chi connectivity index (χ4n) is 3.12. The van der Waals surface area contributed by atoms with E-state index >= 15 is 0 Å². The van der Waals surface area contributed by atoms with E-state index in [4.69, 9.17) is 5.26 Å². The Morgan fingerprint density at radius 3 is 2.38 bits per heavy atom. The van der Waals surface area contributed by atoms with Gasteiger partial charge in [0.15, 0.2) is 0 Å². The van der Waals surface area contributed by atoms with Crippen LogP contribution in [0.15, 0.2) is 48.5 Å². The monoisotopic (exact) mass is 385 g/mol. The molecule has 6 heteroatoms. The van der Waals surface area contributed by atoms with E-state index in [1.54, 1.807) is 30.3 Å². The number of amides is 1. The fraction of sp³-hybridized carbons (Fsp3) is 0.217. The summed E-state index contributed by atoms with van der Waals surface area (Å²) in [6, 6.07) is 16.7. The van der Waals surface area contributed by atoms with Gasteiger partial charge in [-0.3, -0.25) is 4.79 Å². The Hall–Kier alpha value is -3.72. The van der Waals surface area contributed by atoms with Crippen LogP contribution in [0.1, 0.15) is 46.7 Å². The molecular formula is C23H23N5O. The third-order valence-corrected chi connectivity index (χ3v) is 4.57. The SMILES string of the molecule is CCc1cccc(CC)c1Nc1nc(C)cc(C(=O)Nc2cccc(C#N)c2)n1. The van der Waals surface area contributed by atoms with Gasteiger partial charge < -0.3 is 10.6 Å². The van der Waals surface area contributed by atoms with Crippen LogP contribution < -0.4 is 10.6 Å². The van der Waals surface area contributed by atoms with Crippen molar-refractivity contribution in [2.45, 2.75) is 33.6 Å². The van der Waals surface area contributed by atoms with Gasteiger partial charge in [0, 0.05) is 17.1 Å². The van der Waals surface area contributed by atoms with Crippen LogP contribution in [0.4, 0.5) is 17.3 Å². The lowest BCUT2D eigenvalue weighted by atomic mass is 10.0. The fourth-order valence-corrected chi connectivity index (χ4v) is 3.12. The number of aromatic nitrogens is 2. The summed E-state index contributed by atoms with van der Waals surface area (Å²) in [5.41, 5.74) is 5.32. The number of carbonyl (C=O) groups excluding carboxylic acids is 1. The molecule has 3 rings (SSSR count). The highest BCUT2D eigenvalue weighted by Crippen LogP contribution is 2.25. The van der Waals surface area contributed by atoms with E-state index in [0.29, 0.717) is 22.9 Å². The number of rotatable bonds is 6. The zero-order chi connectivity index (χ0) is 20.8. The molecule has 0 radical (unpaired) electrons. The van der Waals surface area contributed by atoms with Gasteiger partial charge in [0.1, 0.15) is 5.69 Å². The number of hydrogen-bond donors (Lipinski definition) is 2. The maximum absolute atomic E-state index is 12.7. The third-order valence-electron chi connectivity index (χ3n) is 4.57. The highest BCUT2D eigenvalue weighted by atomic mass is 16.1. The lowest BCUT2D eigenvalue weighted by Crippen LogP contribution is -2.16. The van der Waals surface area contributed by atoms with Crippen LogP contribution in [0.3, 0.4) is 0 Å². The van der Waals surface area contributed by atoms with Crippen molar-refractivity contribution >= 4 is 23.2 Å². The zero-order valence-electron chi connectivity index (χ0n) is 16.8. The minimum atomic E-state index is -0.354. The largest absolute Gasteiger partial charge is 0.324 e. The summed E-state index contributed by atoms with van der Waals surface area (Å²) in [5, 5.41) is 15.1. The molecule has 0 bridgehead atoms. The first-order valence-electron chi connectivity index (χ1n) is 9.59. The molecular weight excluding hydrogens is 362 g/mol. The number of nitrogens with one attached hydrogen (secondary N) is 2. The summed E-state index contributed by atoms with van der Waals surface area (Å²) in [5.74, 6) is 0.0321. The molecule has 146 valence electrons. The Bertz CT molecular complexity index is 1060. The van der Waals surface area contributed by atoms with Gasteiger partial charge in [-0.25, -0.2) is 9.97 Å². The Morgan fingerprint density at radius 1 is 1.03 bits per heavy atom. The molecule has 2 aromatic carbocycles. The number of hydrogen-bond acceptors (Lipinski definition) is 5. The van der Waals surface area contributed by atoms with Crippen molar-refractivity contribution in [3.8, 4) is 6.07 Å². The van der Waals surface area contributed by atoms with Crippen LogP contribution in [0.25, 0.3) is 0 Å². The Kier molecular flexibility index (Phi) is 6.20. The molecule has 0 saturated heterocycles. The minimum Gasteiger partial charge on any atom is -0.324 e. The van der Waals surface area contributed by atoms with Crippen molar-refractivity contribution in [2.75, 3.05) is 10.6 Å². The smallest absolute Gasteiger partial charge is 0.274 e. The lowest BCUT2D eigenvalue weighted by molar-refractivity contribution is 0.102. The summed E-state index contributed by atoms with van der Waals surface area (Å²) in [6.07, 6.45) is 1.76. The molecule has 0 aliphatic heterocycles. The number of aryl methyl sites for hydroxylation is 3. The van der Waals surface area contributed by atoms with Crippen molar-refractivity contribution in [3.05, 3.63) is 76.6 Å². The first-order valence-corrected chi connectivity index (χ1v) is 9.59. The summed E-state index contributed by atoms with van der Waals surface area (Å²) >= 11 is 0.